The average molecular weight is 313 g/mol. The van der Waals surface area contributed by atoms with Crippen molar-refractivity contribution >= 4 is 29.3 Å². The van der Waals surface area contributed by atoms with Crippen LogP contribution in [-0.2, 0) is 17.3 Å². The summed E-state index contributed by atoms with van der Waals surface area (Å²) in [6.07, 6.45) is 0. The van der Waals surface area contributed by atoms with E-state index in [9.17, 15) is 4.79 Å². The highest BCUT2D eigenvalue weighted by atomic mass is 32.2. The Bertz CT molecular complexity index is 629. The van der Waals surface area contributed by atoms with Crippen LogP contribution in [0.2, 0.25) is 0 Å². The molecule has 0 saturated heterocycles. The lowest BCUT2D eigenvalue weighted by atomic mass is 9.91. The molecule has 7 nitrogen and oxygen atoms in total. The number of nitrogens with zero attached hydrogens (tertiary/aromatic N) is 5. The molecular formula is C11H15N5O2S2. The molecule has 0 spiro atoms. The van der Waals surface area contributed by atoms with Gasteiger partial charge >= 0.3 is 5.97 Å². The van der Waals surface area contributed by atoms with Crippen LogP contribution in [0.5, 0.6) is 0 Å². The maximum atomic E-state index is 10.6. The molecule has 0 atom stereocenters. The Morgan fingerprint density at radius 3 is 2.75 bits per heavy atom. The van der Waals surface area contributed by atoms with Gasteiger partial charge in [0.15, 0.2) is 11.0 Å². The molecule has 1 N–H and O–H groups in total. The summed E-state index contributed by atoms with van der Waals surface area (Å²) >= 11 is 2.39. The summed E-state index contributed by atoms with van der Waals surface area (Å²) in [5.41, 5.74) is 0.707. The Balaban J connectivity index is 2.33. The first-order chi connectivity index (χ1) is 9.29. The van der Waals surface area contributed by atoms with Crippen molar-refractivity contribution in [1.29, 1.82) is 0 Å². The van der Waals surface area contributed by atoms with Crippen LogP contribution < -0.4 is 0 Å². The smallest absolute Gasteiger partial charge is 0.313 e. The molecule has 0 radical (unpaired) electrons. The summed E-state index contributed by atoms with van der Waals surface area (Å²) < 4.78 is 5.56. The maximum absolute atomic E-state index is 10.6. The molecule has 0 unspecified atom stereocenters. The minimum Gasteiger partial charge on any atom is -0.481 e. The van der Waals surface area contributed by atoms with Crippen LogP contribution in [0.1, 0.15) is 26.5 Å². The van der Waals surface area contributed by atoms with E-state index in [4.69, 9.17) is 5.11 Å². The lowest BCUT2D eigenvalue weighted by Gasteiger charge is -2.15. The molecule has 0 amide bonds. The third kappa shape index (κ3) is 3.15. The van der Waals surface area contributed by atoms with E-state index in [1.54, 1.807) is 11.7 Å². The molecular weight excluding hydrogens is 298 g/mol. The zero-order valence-corrected chi connectivity index (χ0v) is 13.2. The lowest BCUT2D eigenvalue weighted by molar-refractivity contribution is -0.133. The normalized spacial score (nSPS) is 11.8. The van der Waals surface area contributed by atoms with Crippen LogP contribution >= 0.6 is 23.3 Å². The van der Waals surface area contributed by atoms with Gasteiger partial charge in [0.2, 0.25) is 0 Å². The summed E-state index contributed by atoms with van der Waals surface area (Å²) in [6, 6.07) is 0. The van der Waals surface area contributed by atoms with E-state index < -0.39 is 5.97 Å². The fourth-order valence-corrected chi connectivity index (χ4v) is 2.98. The van der Waals surface area contributed by atoms with E-state index in [-0.39, 0.29) is 11.2 Å². The Kier molecular flexibility index (Phi) is 4.09. The lowest BCUT2D eigenvalue weighted by Crippen LogP contribution is -2.13. The summed E-state index contributed by atoms with van der Waals surface area (Å²) in [5.74, 6) is -0.381. The standard InChI is InChI=1S/C11H15N5O2S2/c1-11(2,3)8-7(20-15-13-8)9-12-10(16(4)14-9)19-5-6(17)18/h5H2,1-4H3,(H,17,18). The second kappa shape index (κ2) is 5.49. The first kappa shape index (κ1) is 14.9. The van der Waals surface area contributed by atoms with Crippen molar-refractivity contribution in [1.82, 2.24) is 24.4 Å². The van der Waals surface area contributed by atoms with Crippen LogP contribution in [0, 0.1) is 0 Å². The van der Waals surface area contributed by atoms with E-state index in [1.165, 1.54) is 11.5 Å². The summed E-state index contributed by atoms with van der Waals surface area (Å²) in [6.45, 7) is 6.16. The van der Waals surface area contributed by atoms with Crippen LogP contribution in [0.4, 0.5) is 0 Å². The number of aliphatic carboxylic acids is 1. The Morgan fingerprint density at radius 2 is 2.15 bits per heavy atom. The summed E-state index contributed by atoms with van der Waals surface area (Å²) in [4.78, 5) is 15.8. The van der Waals surface area contributed by atoms with Crippen molar-refractivity contribution in [3.63, 3.8) is 0 Å². The van der Waals surface area contributed by atoms with Gasteiger partial charge in [0.05, 0.1) is 11.4 Å². The Labute approximate surface area is 124 Å². The monoisotopic (exact) mass is 313 g/mol. The zero-order chi connectivity index (χ0) is 14.9. The molecule has 0 fully saturated rings. The first-order valence-corrected chi connectivity index (χ1v) is 7.64. The van der Waals surface area contributed by atoms with Crippen LogP contribution in [0.25, 0.3) is 10.7 Å². The van der Waals surface area contributed by atoms with Gasteiger partial charge in [0.25, 0.3) is 0 Å². The maximum Gasteiger partial charge on any atom is 0.313 e. The average Bonchev–Trinajstić information content (AvgIpc) is 2.91. The van der Waals surface area contributed by atoms with Gasteiger partial charge < -0.3 is 5.11 Å². The fraction of sp³-hybridized carbons (Fsp3) is 0.545. The molecule has 2 aromatic heterocycles. The van der Waals surface area contributed by atoms with Crippen molar-refractivity contribution < 1.29 is 9.90 Å². The molecule has 0 aliphatic carbocycles. The van der Waals surface area contributed by atoms with Crippen molar-refractivity contribution in [2.45, 2.75) is 31.3 Å². The number of carboxylic acids is 1. The SMILES string of the molecule is Cn1nc(-c2snnc2C(C)(C)C)nc1SCC(=O)O. The molecule has 0 aliphatic heterocycles. The molecule has 0 aromatic carbocycles. The van der Waals surface area contributed by atoms with Gasteiger partial charge in [-0.3, -0.25) is 4.79 Å². The molecule has 9 heteroatoms. The molecule has 0 bridgehead atoms. The summed E-state index contributed by atoms with van der Waals surface area (Å²) in [5, 5.41) is 17.8. The fourth-order valence-electron chi connectivity index (χ4n) is 1.55. The Hall–Kier alpha value is -1.48. The second-order valence-corrected chi connectivity index (χ2v) is 6.92. The predicted molar refractivity (Wildman–Crippen MR) is 77.0 cm³/mol. The quantitative estimate of drug-likeness (QED) is 0.860. The van der Waals surface area contributed by atoms with Crippen molar-refractivity contribution in [3.8, 4) is 10.7 Å². The topological polar surface area (TPSA) is 93.8 Å². The van der Waals surface area contributed by atoms with E-state index in [0.717, 1.165) is 22.3 Å². The highest BCUT2D eigenvalue weighted by Crippen LogP contribution is 2.33. The highest BCUT2D eigenvalue weighted by molar-refractivity contribution is 7.99. The van der Waals surface area contributed by atoms with Crippen LogP contribution in [0.3, 0.4) is 0 Å². The number of rotatable bonds is 4. The number of carboxylic acid groups (broad SMARTS) is 1. The number of aryl methyl sites for hydroxylation is 1. The number of hydrogen-bond donors (Lipinski definition) is 1. The third-order valence-corrected chi connectivity index (χ3v) is 4.18. The third-order valence-electron chi connectivity index (χ3n) is 2.45. The van der Waals surface area contributed by atoms with Crippen LogP contribution in [-0.4, -0.2) is 41.2 Å². The largest absolute Gasteiger partial charge is 0.481 e. The minimum absolute atomic E-state index is 0.0426. The molecule has 0 saturated carbocycles. The van der Waals surface area contributed by atoms with Gasteiger partial charge in [-0.15, -0.1) is 10.2 Å². The highest BCUT2D eigenvalue weighted by Gasteiger charge is 2.26. The molecule has 20 heavy (non-hydrogen) atoms. The van der Waals surface area contributed by atoms with E-state index >= 15 is 0 Å². The van der Waals surface area contributed by atoms with Crippen molar-refractivity contribution in [2.24, 2.45) is 7.05 Å². The van der Waals surface area contributed by atoms with Gasteiger partial charge in [-0.1, -0.05) is 37.0 Å². The number of hydrogen-bond acceptors (Lipinski definition) is 7. The van der Waals surface area contributed by atoms with E-state index in [1.807, 2.05) is 0 Å². The van der Waals surface area contributed by atoms with Gasteiger partial charge in [-0.2, -0.15) is 4.98 Å². The molecule has 0 aliphatic rings. The predicted octanol–water partition coefficient (Wildman–Crippen LogP) is 1.81. The molecule has 2 heterocycles. The minimum atomic E-state index is -0.880. The molecule has 108 valence electrons. The Morgan fingerprint density at radius 1 is 1.45 bits per heavy atom. The second-order valence-electron chi connectivity index (χ2n) is 5.22. The van der Waals surface area contributed by atoms with Gasteiger partial charge in [0, 0.05) is 12.5 Å². The van der Waals surface area contributed by atoms with Gasteiger partial charge in [0.1, 0.15) is 4.88 Å². The van der Waals surface area contributed by atoms with E-state index in [2.05, 4.69) is 40.4 Å². The number of carbonyl (C=O) groups is 1. The molecule has 2 aromatic rings. The van der Waals surface area contributed by atoms with Crippen molar-refractivity contribution in [2.75, 3.05) is 5.75 Å². The van der Waals surface area contributed by atoms with E-state index in [0.29, 0.717) is 11.0 Å². The number of aromatic nitrogens is 5. The van der Waals surface area contributed by atoms with Crippen LogP contribution in [0.15, 0.2) is 5.16 Å². The number of thioether (sulfide) groups is 1. The molecule has 2 rings (SSSR count). The van der Waals surface area contributed by atoms with Gasteiger partial charge in [-0.25, -0.2) is 4.68 Å². The first-order valence-electron chi connectivity index (χ1n) is 5.88. The van der Waals surface area contributed by atoms with Crippen molar-refractivity contribution in [3.05, 3.63) is 5.69 Å². The van der Waals surface area contributed by atoms with Gasteiger partial charge in [-0.05, 0) is 11.5 Å². The summed E-state index contributed by atoms with van der Waals surface area (Å²) in [7, 11) is 1.74. The zero-order valence-electron chi connectivity index (χ0n) is 11.6.